The molecule has 3 aromatic rings. The molecule has 0 radical (unpaired) electrons. The van der Waals surface area contributed by atoms with Crippen LogP contribution in [0.3, 0.4) is 0 Å². The smallest absolute Gasteiger partial charge is 0.300 e. The number of aryl methyl sites for hydroxylation is 1. The Kier molecular flexibility index (Phi) is 5.09. The molecule has 1 fully saturated rings. The van der Waals surface area contributed by atoms with Crippen LogP contribution in [0.4, 0.5) is 11.4 Å². The number of aliphatic hydroxyl groups is 1. The van der Waals surface area contributed by atoms with Crippen LogP contribution < -0.4 is 4.90 Å². The summed E-state index contributed by atoms with van der Waals surface area (Å²) in [5, 5.41) is 22.7. The zero-order valence-electron chi connectivity index (χ0n) is 16.6. The van der Waals surface area contributed by atoms with Gasteiger partial charge in [0.2, 0.25) is 0 Å². The van der Waals surface area contributed by atoms with Gasteiger partial charge in [-0.05, 0) is 25.1 Å². The number of anilines is 1. The summed E-state index contributed by atoms with van der Waals surface area (Å²) in [6.45, 7) is 1.88. The van der Waals surface area contributed by atoms with Crippen molar-refractivity contribution < 1.29 is 19.6 Å². The molecule has 1 heterocycles. The van der Waals surface area contributed by atoms with Crippen LogP contribution in [0.5, 0.6) is 0 Å². The van der Waals surface area contributed by atoms with E-state index < -0.39 is 22.7 Å². The molecule has 1 N–H and O–H groups in total. The summed E-state index contributed by atoms with van der Waals surface area (Å²) in [6.07, 6.45) is 0. The minimum Gasteiger partial charge on any atom is -0.507 e. The number of rotatable bonds is 4. The monoisotopic (exact) mass is 414 g/mol. The molecule has 0 aliphatic carbocycles. The molecule has 0 aromatic heterocycles. The fraction of sp³-hybridized carbons (Fsp3) is 0.0833. The Hall–Kier alpha value is -4.26. The lowest BCUT2D eigenvalue weighted by Gasteiger charge is -2.25. The van der Waals surface area contributed by atoms with Crippen LogP contribution in [0.25, 0.3) is 5.76 Å². The van der Waals surface area contributed by atoms with Crippen molar-refractivity contribution in [3.05, 3.63) is 111 Å². The van der Waals surface area contributed by atoms with Gasteiger partial charge in [-0.15, -0.1) is 0 Å². The summed E-state index contributed by atoms with van der Waals surface area (Å²) in [4.78, 5) is 38.4. The first-order valence-corrected chi connectivity index (χ1v) is 9.56. The molecule has 31 heavy (non-hydrogen) atoms. The highest BCUT2D eigenvalue weighted by atomic mass is 16.6. The van der Waals surface area contributed by atoms with Crippen LogP contribution >= 0.6 is 0 Å². The molecule has 154 valence electrons. The SMILES string of the molecule is Cc1ccc(C(O)=C2C(=O)C(=O)N(c3ccccc3)[C@H]2c2ccccc2[N+](=O)[O-])cc1. The van der Waals surface area contributed by atoms with Gasteiger partial charge in [-0.1, -0.05) is 60.2 Å². The molecule has 1 aliphatic heterocycles. The van der Waals surface area contributed by atoms with E-state index in [1.54, 1.807) is 60.7 Å². The van der Waals surface area contributed by atoms with Crippen molar-refractivity contribution in [3.8, 4) is 0 Å². The number of hydrogen-bond donors (Lipinski definition) is 1. The highest BCUT2D eigenvalue weighted by Crippen LogP contribution is 2.44. The van der Waals surface area contributed by atoms with Crippen LogP contribution in [0, 0.1) is 17.0 Å². The van der Waals surface area contributed by atoms with Gasteiger partial charge in [-0.3, -0.25) is 24.6 Å². The molecule has 0 unspecified atom stereocenters. The summed E-state index contributed by atoms with van der Waals surface area (Å²) in [5.74, 6) is -2.13. The molecule has 7 nitrogen and oxygen atoms in total. The second-order valence-corrected chi connectivity index (χ2v) is 7.19. The molecule has 7 heteroatoms. The molecular weight excluding hydrogens is 396 g/mol. The fourth-order valence-electron chi connectivity index (χ4n) is 3.73. The maximum atomic E-state index is 13.1. The lowest BCUT2D eigenvalue weighted by Crippen LogP contribution is -2.29. The number of Topliss-reactive ketones (excluding diaryl/α,β-unsaturated/α-hetero) is 1. The van der Waals surface area contributed by atoms with Crippen molar-refractivity contribution in [1.82, 2.24) is 0 Å². The van der Waals surface area contributed by atoms with Crippen molar-refractivity contribution >= 4 is 28.8 Å². The standard InChI is InChI=1S/C24H18N2O5/c1-15-11-13-16(14-12-15)22(27)20-21(18-9-5-6-10-19(18)26(30)31)25(24(29)23(20)28)17-7-3-2-4-8-17/h2-14,21,27H,1H3/t21-/m0/s1. The number of para-hydroxylation sites is 2. The predicted molar refractivity (Wildman–Crippen MR) is 116 cm³/mol. The molecule has 0 spiro atoms. The van der Waals surface area contributed by atoms with Crippen LogP contribution in [0.1, 0.15) is 22.7 Å². The highest BCUT2D eigenvalue weighted by Gasteiger charge is 2.48. The van der Waals surface area contributed by atoms with E-state index in [0.717, 1.165) is 5.56 Å². The molecule has 1 aliphatic rings. The molecule has 1 amide bonds. The van der Waals surface area contributed by atoms with Crippen molar-refractivity contribution in [1.29, 1.82) is 0 Å². The van der Waals surface area contributed by atoms with Crippen LogP contribution in [-0.4, -0.2) is 21.7 Å². The Morgan fingerprint density at radius 3 is 2.19 bits per heavy atom. The second kappa shape index (κ2) is 7.87. The normalized spacial score (nSPS) is 17.7. The van der Waals surface area contributed by atoms with E-state index in [4.69, 9.17) is 0 Å². The lowest BCUT2D eigenvalue weighted by molar-refractivity contribution is -0.385. The van der Waals surface area contributed by atoms with E-state index in [1.165, 1.54) is 23.1 Å². The van der Waals surface area contributed by atoms with E-state index in [1.807, 2.05) is 6.92 Å². The topological polar surface area (TPSA) is 101 Å². The summed E-state index contributed by atoms with van der Waals surface area (Å²) < 4.78 is 0. The molecule has 1 atom stereocenters. The minimum absolute atomic E-state index is 0.143. The molecular formula is C24H18N2O5. The summed E-state index contributed by atoms with van der Waals surface area (Å²) in [7, 11) is 0. The van der Waals surface area contributed by atoms with E-state index in [2.05, 4.69) is 0 Å². The van der Waals surface area contributed by atoms with Gasteiger partial charge in [0.1, 0.15) is 11.8 Å². The first-order chi connectivity index (χ1) is 14.9. The Balaban J connectivity index is 2.01. The summed E-state index contributed by atoms with van der Waals surface area (Å²) >= 11 is 0. The number of amides is 1. The number of aliphatic hydroxyl groups excluding tert-OH is 1. The number of nitro groups is 1. The first-order valence-electron chi connectivity index (χ1n) is 9.56. The van der Waals surface area contributed by atoms with Gasteiger partial charge in [-0.2, -0.15) is 0 Å². The van der Waals surface area contributed by atoms with E-state index in [0.29, 0.717) is 11.3 Å². The van der Waals surface area contributed by atoms with Crippen molar-refractivity contribution in [2.75, 3.05) is 4.90 Å². The number of carbonyl (C=O) groups is 2. The van der Waals surface area contributed by atoms with Gasteiger partial charge in [0, 0.05) is 17.3 Å². The van der Waals surface area contributed by atoms with Gasteiger partial charge >= 0.3 is 0 Å². The summed E-state index contributed by atoms with van der Waals surface area (Å²) in [6, 6.07) is 20.0. The number of hydrogen-bond acceptors (Lipinski definition) is 5. The van der Waals surface area contributed by atoms with E-state index in [9.17, 15) is 24.8 Å². The van der Waals surface area contributed by atoms with Gasteiger partial charge in [0.25, 0.3) is 17.4 Å². The average Bonchev–Trinajstić information content (AvgIpc) is 3.05. The number of carbonyl (C=O) groups excluding carboxylic acids is 2. The maximum absolute atomic E-state index is 13.1. The Morgan fingerprint density at radius 1 is 0.935 bits per heavy atom. The Labute approximate surface area is 178 Å². The average molecular weight is 414 g/mol. The zero-order chi connectivity index (χ0) is 22.1. The highest BCUT2D eigenvalue weighted by molar-refractivity contribution is 6.51. The van der Waals surface area contributed by atoms with Gasteiger partial charge in [0.05, 0.1) is 16.1 Å². The van der Waals surface area contributed by atoms with Crippen LogP contribution in [-0.2, 0) is 9.59 Å². The molecule has 1 saturated heterocycles. The fourth-order valence-corrected chi connectivity index (χ4v) is 3.73. The third-order valence-electron chi connectivity index (χ3n) is 5.23. The molecule has 0 bridgehead atoms. The molecule has 4 rings (SSSR count). The Morgan fingerprint density at radius 2 is 1.55 bits per heavy atom. The number of nitro benzene ring substituents is 1. The first kappa shape index (κ1) is 20.0. The second-order valence-electron chi connectivity index (χ2n) is 7.19. The van der Waals surface area contributed by atoms with Crippen molar-refractivity contribution in [2.45, 2.75) is 13.0 Å². The van der Waals surface area contributed by atoms with E-state index in [-0.39, 0.29) is 22.6 Å². The summed E-state index contributed by atoms with van der Waals surface area (Å²) in [5.41, 5.74) is 1.41. The van der Waals surface area contributed by atoms with Gasteiger partial charge in [-0.25, -0.2) is 0 Å². The maximum Gasteiger partial charge on any atom is 0.300 e. The third kappa shape index (κ3) is 3.46. The van der Waals surface area contributed by atoms with Crippen LogP contribution in [0.15, 0.2) is 84.4 Å². The predicted octanol–water partition coefficient (Wildman–Crippen LogP) is 4.53. The van der Waals surface area contributed by atoms with Crippen molar-refractivity contribution in [2.24, 2.45) is 0 Å². The number of benzene rings is 3. The Bertz CT molecular complexity index is 1220. The van der Waals surface area contributed by atoms with Crippen molar-refractivity contribution in [3.63, 3.8) is 0 Å². The van der Waals surface area contributed by atoms with Crippen LogP contribution in [0.2, 0.25) is 0 Å². The quantitative estimate of drug-likeness (QED) is 0.222. The van der Waals surface area contributed by atoms with E-state index >= 15 is 0 Å². The number of ketones is 1. The molecule has 3 aromatic carbocycles. The molecule has 0 saturated carbocycles. The lowest BCUT2D eigenvalue weighted by atomic mass is 9.94. The minimum atomic E-state index is -1.15. The van der Waals surface area contributed by atoms with Gasteiger partial charge in [0.15, 0.2) is 0 Å². The zero-order valence-corrected chi connectivity index (χ0v) is 16.6. The third-order valence-corrected chi connectivity index (χ3v) is 5.23. The number of nitrogens with zero attached hydrogens (tertiary/aromatic N) is 2. The van der Waals surface area contributed by atoms with Gasteiger partial charge < -0.3 is 5.11 Å². The largest absolute Gasteiger partial charge is 0.507 e.